The van der Waals surface area contributed by atoms with Gasteiger partial charge in [-0.25, -0.2) is 9.59 Å². The molecule has 2 heterocycles. The molecule has 1 aliphatic rings. The second kappa shape index (κ2) is 13.7. The highest BCUT2D eigenvalue weighted by Gasteiger charge is 2.17. The molecule has 7 nitrogen and oxygen atoms in total. The van der Waals surface area contributed by atoms with Gasteiger partial charge in [0.1, 0.15) is 0 Å². The summed E-state index contributed by atoms with van der Waals surface area (Å²) in [4.78, 5) is 28.9. The molecule has 0 amide bonds. The van der Waals surface area contributed by atoms with Crippen LogP contribution in [0.5, 0.6) is 0 Å². The number of pyridine rings is 1. The number of benzene rings is 2. The molecular weight excluding hydrogens is 478 g/mol. The van der Waals surface area contributed by atoms with Gasteiger partial charge in [0.25, 0.3) is 0 Å². The lowest BCUT2D eigenvalue weighted by molar-refractivity contribution is -0.134. The van der Waals surface area contributed by atoms with Gasteiger partial charge < -0.3 is 10.2 Å². The van der Waals surface area contributed by atoms with Crippen molar-refractivity contribution in [1.82, 2.24) is 14.8 Å². The van der Waals surface area contributed by atoms with Crippen LogP contribution in [0.3, 0.4) is 0 Å². The number of aryl methyl sites for hydroxylation is 3. The smallest absolute Gasteiger partial charge is 0.328 e. The number of hydrogen-bond acceptors (Lipinski definition) is 5. The molecule has 4 rings (SSSR count). The number of rotatable bonds is 7. The number of nitrogens with zero attached hydrogens (tertiary/aromatic N) is 3. The first-order valence-corrected chi connectivity index (χ1v) is 12.8. The van der Waals surface area contributed by atoms with Crippen molar-refractivity contribution in [2.75, 3.05) is 26.2 Å². The Labute approximate surface area is 225 Å². The minimum absolute atomic E-state index is 0.558. The monoisotopic (exact) mass is 515 g/mol. The van der Waals surface area contributed by atoms with Crippen LogP contribution in [0.4, 0.5) is 0 Å². The van der Waals surface area contributed by atoms with E-state index in [9.17, 15) is 9.59 Å². The lowest BCUT2D eigenvalue weighted by Gasteiger charge is -2.34. The first kappa shape index (κ1) is 28.8. The molecule has 0 bridgehead atoms. The molecule has 3 aromatic rings. The molecule has 1 aliphatic heterocycles. The second-order valence-electron chi connectivity index (χ2n) is 9.83. The van der Waals surface area contributed by atoms with Crippen molar-refractivity contribution in [1.29, 1.82) is 0 Å². The molecule has 0 saturated carbocycles. The average Bonchev–Trinajstić information content (AvgIpc) is 2.89. The van der Waals surface area contributed by atoms with Gasteiger partial charge in [0, 0.05) is 63.2 Å². The van der Waals surface area contributed by atoms with Crippen molar-refractivity contribution in [3.63, 3.8) is 0 Å². The maximum absolute atomic E-state index is 9.55. The topological polar surface area (TPSA) is 94.0 Å². The number of aromatic nitrogens is 1. The van der Waals surface area contributed by atoms with E-state index in [0.717, 1.165) is 45.0 Å². The Morgan fingerprint density at radius 1 is 0.763 bits per heavy atom. The summed E-state index contributed by atoms with van der Waals surface area (Å²) in [6, 6.07) is 17.9. The molecule has 0 aliphatic carbocycles. The summed E-state index contributed by atoms with van der Waals surface area (Å²) >= 11 is 0. The quantitative estimate of drug-likeness (QED) is 0.427. The summed E-state index contributed by atoms with van der Waals surface area (Å²) in [5.41, 5.74) is 10.4. The third kappa shape index (κ3) is 8.94. The summed E-state index contributed by atoms with van der Waals surface area (Å²) in [7, 11) is 0. The Morgan fingerprint density at radius 2 is 1.26 bits per heavy atom. The molecule has 0 unspecified atom stereocenters. The van der Waals surface area contributed by atoms with Crippen molar-refractivity contribution in [3.05, 3.63) is 100 Å². The van der Waals surface area contributed by atoms with Crippen molar-refractivity contribution in [2.45, 2.75) is 40.8 Å². The lowest BCUT2D eigenvalue weighted by Crippen LogP contribution is -2.45. The fourth-order valence-corrected chi connectivity index (χ4v) is 4.37. The van der Waals surface area contributed by atoms with E-state index >= 15 is 0 Å². The zero-order valence-electron chi connectivity index (χ0n) is 22.6. The van der Waals surface area contributed by atoms with Gasteiger partial charge >= 0.3 is 11.9 Å². The highest BCUT2D eigenvalue weighted by molar-refractivity contribution is 5.89. The van der Waals surface area contributed by atoms with E-state index in [-0.39, 0.29) is 0 Å². The Kier molecular flexibility index (Phi) is 10.3. The van der Waals surface area contributed by atoms with Gasteiger partial charge in [-0.15, -0.1) is 0 Å². The van der Waals surface area contributed by atoms with Crippen molar-refractivity contribution in [2.24, 2.45) is 0 Å². The molecule has 2 aromatic carbocycles. The van der Waals surface area contributed by atoms with Crippen LogP contribution in [0.25, 0.3) is 11.3 Å². The second-order valence-corrected chi connectivity index (χ2v) is 9.83. The van der Waals surface area contributed by atoms with Crippen molar-refractivity contribution < 1.29 is 19.8 Å². The van der Waals surface area contributed by atoms with Gasteiger partial charge in [0.05, 0.1) is 5.69 Å². The van der Waals surface area contributed by atoms with Crippen molar-refractivity contribution in [3.8, 4) is 11.3 Å². The van der Waals surface area contributed by atoms with Gasteiger partial charge in [-0.3, -0.25) is 14.8 Å². The van der Waals surface area contributed by atoms with Gasteiger partial charge in [-0.2, -0.15) is 0 Å². The summed E-state index contributed by atoms with van der Waals surface area (Å²) in [5.74, 6) is -2.51. The highest BCUT2D eigenvalue weighted by atomic mass is 16.4. The zero-order chi connectivity index (χ0) is 27.7. The number of piperazine rings is 1. The lowest BCUT2D eigenvalue weighted by atomic mass is 9.98. The number of aliphatic carboxylic acids is 2. The fourth-order valence-electron chi connectivity index (χ4n) is 4.37. The normalized spacial score (nSPS) is 14.2. The van der Waals surface area contributed by atoms with E-state index in [1.165, 1.54) is 38.9 Å². The SMILES string of the molecule is Cc1ccc(CN2CCN(Cc3ccnc(-c4cc(C)c(C)c(C)c4)c3)CC2)cc1.O=C(O)/C=C\C(=O)O. The molecule has 38 heavy (non-hydrogen) atoms. The van der Waals surface area contributed by atoms with E-state index in [1.807, 2.05) is 6.20 Å². The third-order valence-electron chi connectivity index (χ3n) is 6.81. The van der Waals surface area contributed by atoms with Gasteiger partial charge in [-0.1, -0.05) is 29.8 Å². The Bertz CT molecular complexity index is 1240. The van der Waals surface area contributed by atoms with Crippen LogP contribution in [0.15, 0.2) is 66.9 Å². The van der Waals surface area contributed by atoms with Crippen LogP contribution in [0, 0.1) is 27.7 Å². The largest absolute Gasteiger partial charge is 0.478 e. The molecule has 1 saturated heterocycles. The van der Waals surface area contributed by atoms with Gasteiger partial charge in [0.15, 0.2) is 0 Å². The molecule has 2 N–H and O–H groups in total. The first-order chi connectivity index (χ1) is 18.1. The van der Waals surface area contributed by atoms with E-state index < -0.39 is 11.9 Å². The molecular formula is C31H37N3O4. The standard InChI is InChI=1S/C27H33N3.C4H4O4/c1-20-5-7-24(8-6-20)18-29-11-13-30(14-12-29)19-25-9-10-28-27(17-25)26-15-21(2)23(4)22(3)16-26;5-3(6)1-2-4(7)8/h5-10,15-17H,11-14,18-19H2,1-4H3;1-2H,(H,5,6)(H,7,8)/b;2-1-. The molecule has 1 fully saturated rings. The van der Waals surface area contributed by atoms with E-state index in [0.29, 0.717) is 12.2 Å². The van der Waals surface area contributed by atoms with E-state index in [4.69, 9.17) is 10.2 Å². The van der Waals surface area contributed by atoms with E-state index in [2.05, 4.69) is 91.0 Å². The molecule has 7 heteroatoms. The first-order valence-electron chi connectivity index (χ1n) is 12.8. The summed E-state index contributed by atoms with van der Waals surface area (Å²) in [6.45, 7) is 15.3. The fraction of sp³-hybridized carbons (Fsp3) is 0.323. The van der Waals surface area contributed by atoms with Crippen LogP contribution in [-0.4, -0.2) is 63.1 Å². The Balaban J connectivity index is 0.000000436. The predicted octanol–water partition coefficient (Wildman–Crippen LogP) is 5.01. The molecule has 0 spiro atoms. The summed E-state index contributed by atoms with van der Waals surface area (Å²) < 4.78 is 0. The van der Waals surface area contributed by atoms with Gasteiger partial charge in [0.2, 0.25) is 0 Å². The third-order valence-corrected chi connectivity index (χ3v) is 6.81. The predicted molar refractivity (Wildman–Crippen MR) is 150 cm³/mol. The van der Waals surface area contributed by atoms with Crippen LogP contribution in [-0.2, 0) is 22.7 Å². The van der Waals surface area contributed by atoms with Crippen LogP contribution < -0.4 is 0 Å². The number of carbonyl (C=O) groups is 2. The van der Waals surface area contributed by atoms with Crippen molar-refractivity contribution >= 4 is 11.9 Å². The molecule has 200 valence electrons. The summed E-state index contributed by atoms with van der Waals surface area (Å²) in [6.07, 6.45) is 3.08. The van der Waals surface area contributed by atoms with Crippen LogP contribution in [0.2, 0.25) is 0 Å². The maximum Gasteiger partial charge on any atom is 0.328 e. The van der Waals surface area contributed by atoms with Crippen LogP contribution in [0.1, 0.15) is 33.4 Å². The van der Waals surface area contributed by atoms with Crippen LogP contribution >= 0.6 is 0 Å². The Hall–Kier alpha value is -3.81. The number of carboxylic acids is 2. The number of hydrogen-bond donors (Lipinski definition) is 2. The average molecular weight is 516 g/mol. The van der Waals surface area contributed by atoms with E-state index in [1.54, 1.807) is 0 Å². The minimum Gasteiger partial charge on any atom is -0.478 e. The minimum atomic E-state index is -1.26. The number of carboxylic acid groups (broad SMARTS) is 2. The van der Waals surface area contributed by atoms with Gasteiger partial charge in [-0.05, 0) is 79.8 Å². The Morgan fingerprint density at radius 3 is 1.76 bits per heavy atom. The highest BCUT2D eigenvalue weighted by Crippen LogP contribution is 2.24. The molecule has 0 radical (unpaired) electrons. The molecule has 0 atom stereocenters. The maximum atomic E-state index is 9.55. The zero-order valence-corrected chi connectivity index (χ0v) is 22.6. The molecule has 1 aromatic heterocycles. The summed E-state index contributed by atoms with van der Waals surface area (Å²) in [5, 5.41) is 15.6.